The van der Waals surface area contributed by atoms with Gasteiger partial charge in [0.1, 0.15) is 28.7 Å². The van der Waals surface area contributed by atoms with Crippen LogP contribution in [0.25, 0.3) is 11.1 Å². The SMILES string of the molecule is C[C@@H](c1ccc(-c2ccc(F)cc2F)cc1)N1CC[C@@](CCNC(=O)CNC(=O)OC(C)(C)C)(c2ccc(F)cc2)OC1=O. The van der Waals surface area contributed by atoms with Gasteiger partial charge in [0.15, 0.2) is 0 Å². The molecule has 3 aromatic rings. The molecule has 2 atom stereocenters. The van der Waals surface area contributed by atoms with E-state index in [1.165, 1.54) is 24.3 Å². The minimum Gasteiger partial charge on any atom is -0.444 e. The Morgan fingerprint density at radius 2 is 1.64 bits per heavy atom. The first-order chi connectivity index (χ1) is 20.8. The molecule has 11 heteroatoms. The number of rotatable bonds is 9. The Morgan fingerprint density at radius 1 is 0.977 bits per heavy atom. The molecule has 0 saturated carbocycles. The predicted octanol–water partition coefficient (Wildman–Crippen LogP) is 6.60. The van der Waals surface area contributed by atoms with Crippen molar-refractivity contribution >= 4 is 18.1 Å². The topological polar surface area (TPSA) is 97.0 Å². The molecule has 234 valence electrons. The van der Waals surface area contributed by atoms with Gasteiger partial charge in [0.25, 0.3) is 0 Å². The van der Waals surface area contributed by atoms with E-state index in [1.54, 1.807) is 62.1 Å². The number of nitrogens with one attached hydrogen (secondary N) is 2. The van der Waals surface area contributed by atoms with Crippen LogP contribution in [0.15, 0.2) is 66.7 Å². The van der Waals surface area contributed by atoms with Crippen LogP contribution in [-0.2, 0) is 19.9 Å². The molecule has 0 radical (unpaired) electrons. The third-order valence-corrected chi connectivity index (χ3v) is 7.39. The molecule has 3 amide bonds. The molecule has 0 bridgehead atoms. The van der Waals surface area contributed by atoms with Gasteiger partial charge in [-0.25, -0.2) is 22.8 Å². The van der Waals surface area contributed by atoms with Crippen molar-refractivity contribution in [2.45, 2.75) is 57.8 Å². The standard InChI is InChI=1S/C33H36F3N3O5/c1-21(22-5-7-23(8-6-22)27-14-13-26(35)19-28(27)36)39-18-16-33(44-31(39)42,24-9-11-25(34)12-10-24)15-17-37-29(40)20-38-30(41)43-32(2,3)4/h5-14,19,21H,15-18,20H2,1-4H3,(H,37,40)(H,38,41)/t21-,33-/m0/s1. The maximum Gasteiger partial charge on any atom is 0.411 e. The molecule has 0 aromatic heterocycles. The highest BCUT2D eigenvalue weighted by molar-refractivity contribution is 5.82. The number of amides is 3. The van der Waals surface area contributed by atoms with Gasteiger partial charge < -0.3 is 25.0 Å². The lowest BCUT2D eigenvalue weighted by atomic mass is 9.85. The fourth-order valence-electron chi connectivity index (χ4n) is 5.08. The smallest absolute Gasteiger partial charge is 0.411 e. The van der Waals surface area contributed by atoms with Crippen LogP contribution in [0.1, 0.15) is 57.7 Å². The second kappa shape index (κ2) is 13.4. The van der Waals surface area contributed by atoms with Crippen molar-refractivity contribution < 1.29 is 37.0 Å². The number of cyclic esters (lactones) is 1. The second-order valence-corrected chi connectivity index (χ2v) is 11.7. The molecule has 4 rings (SSSR count). The summed E-state index contributed by atoms with van der Waals surface area (Å²) in [7, 11) is 0. The van der Waals surface area contributed by atoms with Crippen LogP contribution in [0.2, 0.25) is 0 Å². The Hall–Kier alpha value is -4.54. The fraction of sp³-hybridized carbons (Fsp3) is 0.364. The first-order valence-corrected chi connectivity index (χ1v) is 14.3. The lowest BCUT2D eigenvalue weighted by Gasteiger charge is -2.43. The van der Waals surface area contributed by atoms with Gasteiger partial charge in [-0.3, -0.25) is 4.79 Å². The molecule has 1 saturated heterocycles. The average molecular weight is 612 g/mol. The maximum absolute atomic E-state index is 14.3. The Morgan fingerprint density at radius 3 is 2.25 bits per heavy atom. The van der Waals surface area contributed by atoms with E-state index < -0.39 is 46.7 Å². The van der Waals surface area contributed by atoms with E-state index in [0.717, 1.165) is 11.6 Å². The molecule has 1 aliphatic heterocycles. The van der Waals surface area contributed by atoms with Crippen LogP contribution in [0, 0.1) is 17.5 Å². The van der Waals surface area contributed by atoms with E-state index in [-0.39, 0.29) is 31.1 Å². The van der Waals surface area contributed by atoms with E-state index in [4.69, 9.17) is 9.47 Å². The van der Waals surface area contributed by atoms with E-state index in [1.807, 2.05) is 6.92 Å². The molecule has 0 unspecified atom stereocenters. The molecule has 8 nitrogen and oxygen atoms in total. The van der Waals surface area contributed by atoms with Crippen LogP contribution in [0.3, 0.4) is 0 Å². The van der Waals surface area contributed by atoms with Gasteiger partial charge in [-0.15, -0.1) is 0 Å². The van der Waals surface area contributed by atoms with Crippen LogP contribution < -0.4 is 10.6 Å². The zero-order chi connectivity index (χ0) is 32.1. The first-order valence-electron chi connectivity index (χ1n) is 14.3. The number of ether oxygens (including phenoxy) is 2. The summed E-state index contributed by atoms with van der Waals surface area (Å²) in [6, 6.07) is 15.7. The van der Waals surface area contributed by atoms with Crippen molar-refractivity contribution in [3.05, 3.63) is 95.3 Å². The maximum atomic E-state index is 14.3. The van der Waals surface area contributed by atoms with E-state index in [2.05, 4.69) is 10.6 Å². The van der Waals surface area contributed by atoms with E-state index in [9.17, 15) is 27.6 Å². The molecule has 0 spiro atoms. The Labute approximate surface area is 254 Å². The zero-order valence-corrected chi connectivity index (χ0v) is 25.1. The van der Waals surface area contributed by atoms with Crippen molar-refractivity contribution in [1.29, 1.82) is 0 Å². The van der Waals surface area contributed by atoms with Gasteiger partial charge in [-0.1, -0.05) is 36.4 Å². The summed E-state index contributed by atoms with van der Waals surface area (Å²) in [5.41, 5.74) is 0.374. The highest BCUT2D eigenvalue weighted by Crippen LogP contribution is 2.39. The number of carbonyl (C=O) groups is 3. The van der Waals surface area contributed by atoms with Crippen molar-refractivity contribution in [2.75, 3.05) is 19.6 Å². The van der Waals surface area contributed by atoms with Gasteiger partial charge in [0.2, 0.25) is 5.91 Å². The molecule has 2 N–H and O–H groups in total. The summed E-state index contributed by atoms with van der Waals surface area (Å²) >= 11 is 0. The third-order valence-electron chi connectivity index (χ3n) is 7.39. The van der Waals surface area contributed by atoms with E-state index in [0.29, 0.717) is 24.1 Å². The molecule has 0 aliphatic carbocycles. The normalized spacial score (nSPS) is 17.4. The van der Waals surface area contributed by atoms with Crippen molar-refractivity contribution in [2.24, 2.45) is 0 Å². The Bertz CT molecular complexity index is 1490. The molecular weight excluding hydrogens is 575 g/mol. The summed E-state index contributed by atoms with van der Waals surface area (Å²) in [5.74, 6) is -2.22. The lowest BCUT2D eigenvalue weighted by Crippen LogP contribution is -2.50. The average Bonchev–Trinajstić information content (AvgIpc) is 2.95. The van der Waals surface area contributed by atoms with Gasteiger partial charge >= 0.3 is 12.2 Å². The predicted molar refractivity (Wildman–Crippen MR) is 158 cm³/mol. The molecule has 1 heterocycles. The summed E-state index contributed by atoms with van der Waals surface area (Å²) in [6.45, 7) is 7.11. The number of hydrogen-bond donors (Lipinski definition) is 2. The highest BCUT2D eigenvalue weighted by Gasteiger charge is 2.43. The van der Waals surface area contributed by atoms with Crippen LogP contribution >= 0.6 is 0 Å². The second-order valence-electron chi connectivity index (χ2n) is 11.7. The van der Waals surface area contributed by atoms with Gasteiger partial charge in [-0.05, 0) is 68.7 Å². The van der Waals surface area contributed by atoms with Crippen LogP contribution in [0.4, 0.5) is 22.8 Å². The largest absolute Gasteiger partial charge is 0.444 e. The van der Waals surface area contributed by atoms with Crippen molar-refractivity contribution in [1.82, 2.24) is 15.5 Å². The van der Waals surface area contributed by atoms with Gasteiger partial charge in [-0.2, -0.15) is 0 Å². The number of nitrogens with zero attached hydrogens (tertiary/aromatic N) is 1. The van der Waals surface area contributed by atoms with Crippen LogP contribution in [0.5, 0.6) is 0 Å². The molecule has 1 fully saturated rings. The highest BCUT2D eigenvalue weighted by atomic mass is 19.1. The number of alkyl carbamates (subject to hydrolysis) is 1. The van der Waals surface area contributed by atoms with Crippen molar-refractivity contribution in [3.63, 3.8) is 0 Å². The quantitative estimate of drug-likeness (QED) is 0.284. The number of benzene rings is 3. The Balaban J connectivity index is 1.42. The zero-order valence-electron chi connectivity index (χ0n) is 25.1. The van der Waals surface area contributed by atoms with Gasteiger partial charge in [0, 0.05) is 37.6 Å². The van der Waals surface area contributed by atoms with Crippen molar-refractivity contribution in [3.8, 4) is 11.1 Å². The fourth-order valence-corrected chi connectivity index (χ4v) is 5.08. The Kier molecular flexibility index (Phi) is 9.86. The minimum absolute atomic E-state index is 0.121. The molecule has 3 aromatic carbocycles. The minimum atomic E-state index is -1.13. The first kappa shape index (κ1) is 32.4. The summed E-state index contributed by atoms with van der Waals surface area (Å²) in [4.78, 5) is 39.2. The number of halogens is 3. The number of carbonyl (C=O) groups excluding carboxylic acids is 3. The monoisotopic (exact) mass is 611 g/mol. The molecular formula is C33H36F3N3O5. The lowest BCUT2D eigenvalue weighted by molar-refractivity contribution is -0.120. The summed E-state index contributed by atoms with van der Waals surface area (Å²) < 4.78 is 52.5. The molecule has 1 aliphatic rings. The summed E-state index contributed by atoms with van der Waals surface area (Å²) in [5, 5.41) is 5.11. The van der Waals surface area contributed by atoms with Crippen LogP contribution in [-0.4, -0.2) is 48.2 Å². The third kappa shape index (κ3) is 8.09. The van der Waals surface area contributed by atoms with E-state index >= 15 is 0 Å². The number of hydrogen-bond acceptors (Lipinski definition) is 5. The van der Waals surface area contributed by atoms with Gasteiger partial charge in [0.05, 0.1) is 12.6 Å². The summed E-state index contributed by atoms with van der Waals surface area (Å²) in [6.07, 6.45) is -0.731. The molecule has 44 heavy (non-hydrogen) atoms.